The second-order valence-corrected chi connectivity index (χ2v) is 5.82. The van der Waals surface area contributed by atoms with Gasteiger partial charge in [0.1, 0.15) is 6.10 Å². The van der Waals surface area contributed by atoms with Crippen molar-refractivity contribution in [3.8, 4) is 0 Å². The van der Waals surface area contributed by atoms with Gasteiger partial charge < -0.3 is 9.64 Å². The zero-order chi connectivity index (χ0) is 13.9. The highest BCUT2D eigenvalue weighted by molar-refractivity contribution is 5.69. The highest BCUT2D eigenvalue weighted by Crippen LogP contribution is 2.13. The van der Waals surface area contributed by atoms with E-state index in [4.69, 9.17) is 4.74 Å². The van der Waals surface area contributed by atoms with E-state index in [9.17, 15) is 4.79 Å². The Bertz CT molecular complexity index is 243. The molecule has 1 fully saturated rings. The largest absolute Gasteiger partial charge is 0.445 e. The summed E-state index contributed by atoms with van der Waals surface area (Å²) >= 11 is 0. The molecule has 3 nitrogen and oxygen atoms in total. The Kier molecular flexibility index (Phi) is 8.68. The summed E-state index contributed by atoms with van der Waals surface area (Å²) in [6.45, 7) is 5.86. The first-order chi connectivity index (χ1) is 9.24. The number of rotatable bonds is 11. The lowest BCUT2D eigenvalue weighted by molar-refractivity contribution is 0.138. The fourth-order valence-corrected chi connectivity index (χ4v) is 2.64. The molecule has 0 N–H and O–H groups in total. The maximum Gasteiger partial charge on any atom is 0.410 e. The summed E-state index contributed by atoms with van der Waals surface area (Å²) in [6.07, 6.45) is 13.3. The molecular formula is C16H31NO2. The minimum atomic E-state index is -0.122. The van der Waals surface area contributed by atoms with Gasteiger partial charge in [-0.2, -0.15) is 0 Å². The quantitative estimate of drug-likeness (QED) is 0.507. The lowest BCUT2D eigenvalue weighted by atomic mass is 10.1. The molecule has 0 aromatic rings. The number of hydrogen-bond acceptors (Lipinski definition) is 2. The molecule has 0 spiro atoms. The van der Waals surface area contributed by atoms with Gasteiger partial charge in [-0.15, -0.1) is 0 Å². The first kappa shape index (κ1) is 16.3. The third-order valence-corrected chi connectivity index (χ3v) is 3.82. The van der Waals surface area contributed by atoms with Crippen molar-refractivity contribution in [3.63, 3.8) is 0 Å². The molecule has 0 aliphatic carbocycles. The van der Waals surface area contributed by atoms with Crippen LogP contribution in [0.5, 0.6) is 0 Å². The van der Waals surface area contributed by atoms with E-state index in [-0.39, 0.29) is 12.2 Å². The van der Waals surface area contributed by atoms with Gasteiger partial charge in [0.25, 0.3) is 0 Å². The number of unbranched alkanes of at least 4 members (excludes halogenated alkanes) is 9. The van der Waals surface area contributed by atoms with E-state index < -0.39 is 0 Å². The summed E-state index contributed by atoms with van der Waals surface area (Å²) < 4.78 is 5.10. The lowest BCUT2D eigenvalue weighted by Crippen LogP contribution is -2.25. The van der Waals surface area contributed by atoms with E-state index in [2.05, 4.69) is 6.92 Å². The first-order valence-electron chi connectivity index (χ1n) is 8.19. The summed E-state index contributed by atoms with van der Waals surface area (Å²) in [6, 6.07) is 0. The van der Waals surface area contributed by atoms with E-state index in [1.54, 1.807) is 0 Å². The molecular weight excluding hydrogens is 238 g/mol. The Labute approximate surface area is 118 Å². The molecule has 0 bridgehead atoms. The van der Waals surface area contributed by atoms with E-state index in [0.717, 1.165) is 19.5 Å². The highest BCUT2D eigenvalue weighted by atomic mass is 16.6. The van der Waals surface area contributed by atoms with Crippen LogP contribution in [0.25, 0.3) is 0 Å². The molecule has 0 unspecified atom stereocenters. The molecule has 0 radical (unpaired) electrons. The number of ether oxygens (including phenoxy) is 1. The molecule has 112 valence electrons. The van der Waals surface area contributed by atoms with Gasteiger partial charge >= 0.3 is 6.09 Å². The summed E-state index contributed by atoms with van der Waals surface area (Å²) in [5, 5.41) is 0. The monoisotopic (exact) mass is 269 g/mol. The number of cyclic esters (lactones) is 1. The molecule has 1 amide bonds. The minimum absolute atomic E-state index is 0.0793. The number of hydrogen-bond donors (Lipinski definition) is 0. The van der Waals surface area contributed by atoms with Crippen LogP contribution in [0.2, 0.25) is 0 Å². The van der Waals surface area contributed by atoms with Crippen molar-refractivity contribution in [1.29, 1.82) is 0 Å². The summed E-state index contributed by atoms with van der Waals surface area (Å²) in [7, 11) is 0. The van der Waals surface area contributed by atoms with E-state index in [0.29, 0.717) is 0 Å². The third kappa shape index (κ3) is 7.44. The van der Waals surface area contributed by atoms with Crippen molar-refractivity contribution >= 4 is 6.09 Å². The highest BCUT2D eigenvalue weighted by Gasteiger charge is 2.26. The van der Waals surface area contributed by atoms with Gasteiger partial charge in [-0.25, -0.2) is 4.79 Å². The molecule has 0 saturated carbocycles. The van der Waals surface area contributed by atoms with Crippen LogP contribution >= 0.6 is 0 Å². The third-order valence-electron chi connectivity index (χ3n) is 3.82. The Balaban J connectivity index is 1.82. The van der Waals surface area contributed by atoms with Gasteiger partial charge in [0.05, 0.1) is 6.54 Å². The second kappa shape index (κ2) is 10.1. The molecule has 0 aromatic carbocycles. The van der Waals surface area contributed by atoms with Crippen molar-refractivity contribution in [1.82, 2.24) is 4.90 Å². The Morgan fingerprint density at radius 1 is 1.00 bits per heavy atom. The van der Waals surface area contributed by atoms with Crippen molar-refractivity contribution < 1.29 is 9.53 Å². The topological polar surface area (TPSA) is 29.5 Å². The average Bonchev–Trinajstić information content (AvgIpc) is 2.70. The summed E-state index contributed by atoms with van der Waals surface area (Å²) in [5.41, 5.74) is 0. The Morgan fingerprint density at radius 3 is 2.00 bits per heavy atom. The first-order valence-corrected chi connectivity index (χ1v) is 8.19. The van der Waals surface area contributed by atoms with Crippen molar-refractivity contribution in [2.75, 3.05) is 13.1 Å². The molecule has 0 aromatic heterocycles. The zero-order valence-electron chi connectivity index (χ0n) is 12.8. The number of carbonyl (C=O) groups is 1. The van der Waals surface area contributed by atoms with Gasteiger partial charge in [0.2, 0.25) is 0 Å². The normalized spacial score (nSPS) is 18.9. The second-order valence-electron chi connectivity index (χ2n) is 5.82. The summed E-state index contributed by atoms with van der Waals surface area (Å²) in [5.74, 6) is 0. The van der Waals surface area contributed by atoms with E-state index >= 15 is 0 Å². The lowest BCUT2D eigenvalue weighted by Gasteiger charge is -2.11. The van der Waals surface area contributed by atoms with Gasteiger partial charge in [-0.3, -0.25) is 0 Å². The van der Waals surface area contributed by atoms with Gasteiger partial charge in [-0.05, 0) is 13.3 Å². The van der Waals surface area contributed by atoms with Crippen LogP contribution in [-0.2, 0) is 4.74 Å². The van der Waals surface area contributed by atoms with Crippen LogP contribution in [-0.4, -0.2) is 30.2 Å². The molecule has 1 atom stereocenters. The van der Waals surface area contributed by atoms with Crippen LogP contribution in [0.1, 0.15) is 78.1 Å². The Morgan fingerprint density at radius 2 is 1.53 bits per heavy atom. The fraction of sp³-hybridized carbons (Fsp3) is 0.938. The predicted molar refractivity (Wildman–Crippen MR) is 79.4 cm³/mol. The van der Waals surface area contributed by atoms with Crippen molar-refractivity contribution in [2.45, 2.75) is 84.2 Å². The predicted octanol–water partition coefficient (Wildman–Crippen LogP) is 4.75. The maximum atomic E-state index is 11.4. The van der Waals surface area contributed by atoms with Gasteiger partial charge in [0, 0.05) is 6.54 Å². The summed E-state index contributed by atoms with van der Waals surface area (Å²) in [4.78, 5) is 13.2. The molecule has 1 aliphatic rings. The fourth-order valence-electron chi connectivity index (χ4n) is 2.64. The van der Waals surface area contributed by atoms with Gasteiger partial charge in [0.15, 0.2) is 0 Å². The van der Waals surface area contributed by atoms with Crippen LogP contribution in [0.4, 0.5) is 4.79 Å². The molecule has 1 rings (SSSR count). The number of nitrogens with zero attached hydrogens (tertiary/aromatic N) is 1. The number of carbonyl (C=O) groups excluding carboxylic acids is 1. The SMILES string of the molecule is CCCCCCCCCCCCN1C[C@H](C)OC1=O. The Hall–Kier alpha value is -0.730. The molecule has 1 aliphatic heterocycles. The standard InChI is InChI=1S/C16H31NO2/c1-3-4-5-6-7-8-9-10-11-12-13-17-14-15(2)19-16(17)18/h15H,3-14H2,1-2H3/t15-/m0/s1. The minimum Gasteiger partial charge on any atom is -0.445 e. The van der Waals surface area contributed by atoms with E-state index in [1.807, 2.05) is 11.8 Å². The van der Waals surface area contributed by atoms with Crippen LogP contribution in [0.15, 0.2) is 0 Å². The van der Waals surface area contributed by atoms with Crippen LogP contribution in [0.3, 0.4) is 0 Å². The molecule has 1 heterocycles. The van der Waals surface area contributed by atoms with Crippen molar-refractivity contribution in [2.24, 2.45) is 0 Å². The number of amides is 1. The zero-order valence-corrected chi connectivity index (χ0v) is 12.8. The van der Waals surface area contributed by atoms with E-state index in [1.165, 1.54) is 57.8 Å². The van der Waals surface area contributed by atoms with Crippen LogP contribution < -0.4 is 0 Å². The van der Waals surface area contributed by atoms with Crippen LogP contribution in [0, 0.1) is 0 Å². The molecule has 1 saturated heterocycles. The van der Waals surface area contributed by atoms with Gasteiger partial charge in [-0.1, -0.05) is 64.7 Å². The maximum absolute atomic E-state index is 11.4. The smallest absolute Gasteiger partial charge is 0.410 e. The molecule has 3 heteroatoms. The average molecular weight is 269 g/mol. The van der Waals surface area contributed by atoms with Crippen molar-refractivity contribution in [3.05, 3.63) is 0 Å². The molecule has 19 heavy (non-hydrogen) atoms.